The third kappa shape index (κ3) is 3.23. The number of benzene rings is 2. The van der Waals surface area contributed by atoms with Gasteiger partial charge in [0, 0.05) is 0 Å². The third-order valence-electron chi connectivity index (χ3n) is 5.24. The Balaban J connectivity index is 1.62. The predicted molar refractivity (Wildman–Crippen MR) is 103 cm³/mol. The molecule has 2 saturated heterocycles. The molecule has 2 aliphatic heterocycles. The number of carbonyl (C=O) groups is 2. The summed E-state index contributed by atoms with van der Waals surface area (Å²) in [5.74, 6) is -0.433. The molecule has 3 atom stereocenters. The SMILES string of the molecule is CC(C)C[C@H]1[C@H]2C(=O)N(Cc3ccccc3)C(=O)[C@@H]2ON1c1ccccc1. The van der Waals surface area contributed by atoms with E-state index in [1.807, 2.05) is 60.7 Å². The highest BCUT2D eigenvalue weighted by Crippen LogP contribution is 2.41. The van der Waals surface area contributed by atoms with Crippen LogP contribution < -0.4 is 5.06 Å². The van der Waals surface area contributed by atoms with E-state index in [9.17, 15) is 9.59 Å². The molecule has 27 heavy (non-hydrogen) atoms. The Labute approximate surface area is 159 Å². The first-order chi connectivity index (χ1) is 13.1. The van der Waals surface area contributed by atoms with E-state index >= 15 is 0 Å². The normalized spacial score (nSPS) is 24.8. The largest absolute Gasteiger partial charge is 0.275 e. The number of hydroxylamine groups is 1. The molecule has 0 unspecified atom stereocenters. The van der Waals surface area contributed by atoms with Crippen LogP contribution in [-0.4, -0.2) is 28.9 Å². The zero-order valence-corrected chi connectivity index (χ0v) is 15.6. The van der Waals surface area contributed by atoms with E-state index in [1.165, 1.54) is 4.90 Å². The first-order valence-corrected chi connectivity index (χ1v) is 9.46. The second kappa shape index (κ2) is 7.16. The third-order valence-corrected chi connectivity index (χ3v) is 5.24. The number of anilines is 1. The number of carbonyl (C=O) groups excluding carboxylic acids is 2. The first kappa shape index (κ1) is 17.7. The van der Waals surface area contributed by atoms with Crippen LogP contribution in [0.3, 0.4) is 0 Å². The van der Waals surface area contributed by atoms with Crippen molar-refractivity contribution in [3.8, 4) is 0 Å². The maximum absolute atomic E-state index is 13.2. The molecule has 2 heterocycles. The second-order valence-electron chi connectivity index (χ2n) is 7.66. The summed E-state index contributed by atoms with van der Waals surface area (Å²) in [6.07, 6.45) is 0.0546. The van der Waals surface area contributed by atoms with E-state index in [0.29, 0.717) is 12.5 Å². The van der Waals surface area contributed by atoms with Gasteiger partial charge in [-0.2, -0.15) is 0 Å². The molecule has 0 N–H and O–H groups in total. The Hall–Kier alpha value is -2.66. The molecule has 2 aromatic carbocycles. The number of hydrogen-bond donors (Lipinski definition) is 0. The first-order valence-electron chi connectivity index (χ1n) is 9.46. The van der Waals surface area contributed by atoms with E-state index in [-0.39, 0.29) is 17.9 Å². The summed E-state index contributed by atoms with van der Waals surface area (Å²) >= 11 is 0. The fourth-order valence-corrected chi connectivity index (χ4v) is 4.02. The Bertz CT molecular complexity index is 822. The van der Waals surface area contributed by atoms with Gasteiger partial charge >= 0.3 is 0 Å². The predicted octanol–water partition coefficient (Wildman–Crippen LogP) is 3.41. The highest BCUT2D eigenvalue weighted by molar-refractivity contribution is 6.07. The number of nitrogens with zero attached hydrogens (tertiary/aromatic N) is 2. The minimum absolute atomic E-state index is 0.127. The number of imide groups is 1. The molecule has 2 aliphatic rings. The lowest BCUT2D eigenvalue weighted by atomic mass is 9.90. The van der Waals surface area contributed by atoms with Gasteiger partial charge in [-0.15, -0.1) is 0 Å². The number of fused-ring (bicyclic) bond motifs is 1. The van der Waals surface area contributed by atoms with Crippen LogP contribution in [0.4, 0.5) is 5.69 Å². The van der Waals surface area contributed by atoms with Crippen molar-refractivity contribution in [3.63, 3.8) is 0 Å². The Morgan fingerprint density at radius 2 is 1.56 bits per heavy atom. The number of para-hydroxylation sites is 1. The quantitative estimate of drug-likeness (QED) is 0.763. The van der Waals surface area contributed by atoms with Crippen molar-refractivity contribution in [1.29, 1.82) is 0 Å². The fraction of sp³-hybridized carbons (Fsp3) is 0.364. The van der Waals surface area contributed by atoms with Crippen LogP contribution in [0.25, 0.3) is 0 Å². The van der Waals surface area contributed by atoms with Crippen molar-refractivity contribution in [3.05, 3.63) is 66.2 Å². The van der Waals surface area contributed by atoms with Gasteiger partial charge in [0.2, 0.25) is 5.91 Å². The molecular formula is C22H24N2O3. The van der Waals surface area contributed by atoms with Crippen LogP contribution in [0.2, 0.25) is 0 Å². The topological polar surface area (TPSA) is 49.9 Å². The molecule has 2 amide bonds. The number of amides is 2. The molecule has 5 nitrogen and oxygen atoms in total. The van der Waals surface area contributed by atoms with Crippen molar-refractivity contribution >= 4 is 17.5 Å². The zero-order chi connectivity index (χ0) is 19.0. The maximum atomic E-state index is 13.2. The van der Waals surface area contributed by atoms with Crippen molar-refractivity contribution in [2.75, 3.05) is 5.06 Å². The van der Waals surface area contributed by atoms with Crippen LogP contribution in [0, 0.1) is 11.8 Å². The summed E-state index contributed by atoms with van der Waals surface area (Å²) in [7, 11) is 0. The van der Waals surface area contributed by atoms with Crippen molar-refractivity contribution in [1.82, 2.24) is 4.90 Å². The molecule has 140 valence electrons. The van der Waals surface area contributed by atoms with E-state index < -0.39 is 12.0 Å². The van der Waals surface area contributed by atoms with Crippen LogP contribution in [0.5, 0.6) is 0 Å². The molecule has 0 saturated carbocycles. The van der Waals surface area contributed by atoms with Gasteiger partial charge in [-0.3, -0.25) is 19.3 Å². The molecule has 0 aliphatic carbocycles. The summed E-state index contributed by atoms with van der Waals surface area (Å²) in [5.41, 5.74) is 1.83. The number of likely N-dealkylation sites (tertiary alicyclic amines) is 1. The summed E-state index contributed by atoms with van der Waals surface area (Å²) < 4.78 is 0. The molecule has 2 aromatic rings. The van der Waals surface area contributed by atoms with E-state index in [1.54, 1.807) is 5.06 Å². The Morgan fingerprint density at radius 3 is 2.19 bits per heavy atom. The van der Waals surface area contributed by atoms with Crippen LogP contribution in [0.1, 0.15) is 25.8 Å². The van der Waals surface area contributed by atoms with Gasteiger partial charge in [0.15, 0.2) is 6.10 Å². The minimum atomic E-state index is -0.731. The Morgan fingerprint density at radius 1 is 0.926 bits per heavy atom. The monoisotopic (exact) mass is 364 g/mol. The minimum Gasteiger partial charge on any atom is -0.275 e. The maximum Gasteiger partial charge on any atom is 0.262 e. The van der Waals surface area contributed by atoms with Crippen LogP contribution >= 0.6 is 0 Å². The summed E-state index contributed by atoms with van der Waals surface area (Å²) in [4.78, 5) is 33.6. The van der Waals surface area contributed by atoms with Gasteiger partial charge in [-0.1, -0.05) is 62.4 Å². The van der Waals surface area contributed by atoms with E-state index in [2.05, 4.69) is 13.8 Å². The Kier molecular flexibility index (Phi) is 4.70. The highest BCUT2D eigenvalue weighted by Gasteiger charge is 2.59. The van der Waals surface area contributed by atoms with Crippen molar-refractivity contribution in [2.24, 2.45) is 11.8 Å². The van der Waals surface area contributed by atoms with Crippen LogP contribution in [-0.2, 0) is 21.0 Å². The van der Waals surface area contributed by atoms with Gasteiger partial charge in [0.05, 0.1) is 24.2 Å². The molecule has 0 bridgehead atoms. The standard InChI is InChI=1S/C22H24N2O3/c1-15(2)13-18-19-20(27-24(18)17-11-7-4-8-12-17)22(26)23(21(19)25)14-16-9-5-3-6-10-16/h3-12,15,18-20H,13-14H2,1-2H3/t18-,19+,20+/m0/s1. The van der Waals surface area contributed by atoms with E-state index in [4.69, 9.17) is 4.84 Å². The lowest BCUT2D eigenvalue weighted by Gasteiger charge is -2.29. The average molecular weight is 364 g/mol. The number of rotatable bonds is 5. The molecular weight excluding hydrogens is 340 g/mol. The second-order valence-corrected chi connectivity index (χ2v) is 7.66. The van der Waals surface area contributed by atoms with Gasteiger partial charge in [0.25, 0.3) is 5.91 Å². The molecule has 5 heteroatoms. The van der Waals surface area contributed by atoms with Gasteiger partial charge < -0.3 is 0 Å². The summed E-state index contributed by atoms with van der Waals surface area (Å²) in [6, 6.07) is 19.2. The van der Waals surface area contributed by atoms with Crippen molar-refractivity contribution < 1.29 is 14.4 Å². The zero-order valence-electron chi connectivity index (χ0n) is 15.6. The molecule has 0 spiro atoms. The highest BCUT2D eigenvalue weighted by atomic mass is 16.7. The van der Waals surface area contributed by atoms with Gasteiger partial charge in [0.1, 0.15) is 0 Å². The molecule has 2 fully saturated rings. The fourth-order valence-electron chi connectivity index (χ4n) is 4.02. The molecule has 4 rings (SSSR count). The lowest BCUT2D eigenvalue weighted by molar-refractivity contribution is -0.143. The van der Waals surface area contributed by atoms with Gasteiger partial charge in [-0.25, -0.2) is 5.06 Å². The lowest BCUT2D eigenvalue weighted by Crippen LogP contribution is -2.40. The molecule has 0 aromatic heterocycles. The summed E-state index contributed by atoms with van der Waals surface area (Å²) in [5, 5.41) is 1.78. The summed E-state index contributed by atoms with van der Waals surface area (Å²) in [6.45, 7) is 4.55. The number of hydrogen-bond acceptors (Lipinski definition) is 4. The average Bonchev–Trinajstić information content (AvgIpc) is 3.15. The van der Waals surface area contributed by atoms with E-state index in [0.717, 1.165) is 17.7 Å². The van der Waals surface area contributed by atoms with Crippen molar-refractivity contribution in [2.45, 2.75) is 39.0 Å². The molecule has 0 radical (unpaired) electrons. The van der Waals surface area contributed by atoms with Gasteiger partial charge in [-0.05, 0) is 30.0 Å². The smallest absolute Gasteiger partial charge is 0.262 e. The van der Waals surface area contributed by atoms with Crippen LogP contribution in [0.15, 0.2) is 60.7 Å².